The van der Waals surface area contributed by atoms with Crippen LogP contribution in [0.15, 0.2) is 121 Å². The number of morpholine rings is 1. The lowest BCUT2D eigenvalue weighted by Gasteiger charge is -2.33. The molecule has 15 nitrogen and oxygen atoms in total. The third kappa shape index (κ3) is 12.5. The second kappa shape index (κ2) is 24.7. The Morgan fingerprint density at radius 3 is 1.79 bits per heavy atom. The fourth-order valence-corrected chi connectivity index (χ4v) is 10.6. The highest BCUT2D eigenvalue weighted by Gasteiger charge is 2.41. The van der Waals surface area contributed by atoms with Crippen molar-refractivity contribution in [2.75, 3.05) is 82.7 Å². The number of anilines is 3. The number of pyridine rings is 2. The number of nitrogens with zero attached hydrogens (tertiary/aromatic N) is 7. The molecule has 5 heterocycles. The van der Waals surface area contributed by atoms with Crippen LogP contribution in [0.5, 0.6) is 34.8 Å². The first kappa shape index (κ1) is 56.2. The highest BCUT2D eigenvalue weighted by molar-refractivity contribution is 6.36. The molecule has 0 saturated carbocycles. The molecule has 3 aromatic heterocycles. The number of rotatable bonds is 20. The van der Waals surface area contributed by atoms with Gasteiger partial charge >= 0.3 is 12.2 Å². The van der Waals surface area contributed by atoms with E-state index in [0.717, 1.165) is 39.3 Å². The van der Waals surface area contributed by atoms with Crippen LogP contribution < -0.4 is 48.4 Å². The molecule has 0 aliphatic carbocycles. The first-order chi connectivity index (χ1) is 39.2. The Labute approximate surface area is 472 Å². The Bertz CT molecular complexity index is 3370. The maximum absolute atomic E-state index is 18.4. The van der Waals surface area contributed by atoms with Gasteiger partial charge in [0.05, 0.1) is 87.5 Å². The standard InChI is InChI=1S/C61H61ClF4N8O7/c1-37-30-49(72(31-39-9-17-44(75-3)18-10-39)32-40-11-19-45(76-4)20-12-40)69-55(52(37)61(64,65)66)50-53(62)57-51-56(54(50)63)70-60(81-36-43-35-79-28-26-67-43)71-59(51)74(27-29-80-57)38(2)48-8-7-25-68-58(48)73(33-41-13-21-46(77-5)22-14-41)34-42-15-23-47(78-6)24-16-42/h7-25,30,38,43,67H,26-29,31-36H2,1-6H3/t38-,43+/m1/s1. The quantitative estimate of drug-likeness (QED) is 0.0724. The molecule has 0 unspecified atom stereocenters. The van der Waals surface area contributed by atoms with Crippen LogP contribution in [-0.4, -0.2) is 93.9 Å². The van der Waals surface area contributed by atoms with E-state index in [1.807, 2.05) is 102 Å². The van der Waals surface area contributed by atoms with Crippen LogP contribution in [0.1, 0.15) is 51.9 Å². The van der Waals surface area contributed by atoms with E-state index in [1.165, 1.54) is 13.0 Å². The molecule has 20 heteroatoms. The van der Waals surface area contributed by atoms with Crippen molar-refractivity contribution in [3.8, 4) is 46.0 Å². The number of hydrogen-bond donors (Lipinski definition) is 1. The molecule has 2 atom stereocenters. The number of hydrogen-bond acceptors (Lipinski definition) is 15. The summed E-state index contributed by atoms with van der Waals surface area (Å²) in [5, 5.41) is 2.95. The summed E-state index contributed by atoms with van der Waals surface area (Å²) in [6, 6.07) is 34.4. The molecular formula is C61H61ClF4N8O7. The third-order valence-corrected chi connectivity index (χ3v) is 14.8. The van der Waals surface area contributed by atoms with Gasteiger partial charge in [0.1, 0.15) is 59.2 Å². The van der Waals surface area contributed by atoms with Crippen molar-refractivity contribution in [3.05, 3.63) is 171 Å². The SMILES string of the molecule is COc1ccc(CN(Cc2ccc(OC)cc2)c2cc(C)c(C(F)(F)F)c(-c3c(Cl)c4c5c(nc(OC[C@@H]6COCCN6)nc5c3F)N([C@H](C)c3cccnc3N(Cc3ccc(OC)cc3)Cc3ccc(OC)cc3)CCO4)n2)cc1. The third-order valence-electron chi connectivity index (χ3n) is 14.4. The molecule has 422 valence electrons. The molecule has 1 saturated heterocycles. The summed E-state index contributed by atoms with van der Waals surface area (Å²) < 4.78 is 106. The minimum absolute atomic E-state index is 0.0313. The van der Waals surface area contributed by atoms with E-state index in [-0.39, 0.29) is 78.8 Å². The molecule has 2 aliphatic rings. The van der Waals surface area contributed by atoms with E-state index in [4.69, 9.17) is 59.7 Å². The Balaban J connectivity index is 1.12. The predicted octanol–water partition coefficient (Wildman–Crippen LogP) is 12.0. The normalized spacial score (nSPS) is 14.7. The number of nitrogens with one attached hydrogen (secondary N) is 1. The van der Waals surface area contributed by atoms with Gasteiger partial charge in [-0.2, -0.15) is 23.1 Å². The van der Waals surface area contributed by atoms with Crippen molar-refractivity contribution in [2.45, 2.75) is 58.3 Å². The summed E-state index contributed by atoms with van der Waals surface area (Å²) >= 11 is 7.37. The monoisotopic (exact) mass is 1130 g/mol. The Morgan fingerprint density at radius 2 is 1.28 bits per heavy atom. The van der Waals surface area contributed by atoms with Gasteiger partial charge < -0.3 is 53.2 Å². The molecule has 0 spiro atoms. The zero-order valence-corrected chi connectivity index (χ0v) is 46.4. The van der Waals surface area contributed by atoms with Crippen LogP contribution in [0.25, 0.3) is 22.2 Å². The van der Waals surface area contributed by atoms with E-state index < -0.39 is 39.9 Å². The predicted molar refractivity (Wildman–Crippen MR) is 303 cm³/mol. The number of aromatic nitrogens is 4. The smallest absolute Gasteiger partial charge is 0.418 e. The van der Waals surface area contributed by atoms with Crippen LogP contribution in [-0.2, 0) is 37.1 Å². The second-order valence-electron chi connectivity index (χ2n) is 19.7. The lowest BCUT2D eigenvalue weighted by Crippen LogP contribution is -2.45. The highest BCUT2D eigenvalue weighted by Crippen LogP contribution is 2.51. The van der Waals surface area contributed by atoms with Crippen molar-refractivity contribution in [1.82, 2.24) is 25.3 Å². The van der Waals surface area contributed by atoms with Gasteiger partial charge in [0, 0.05) is 44.5 Å². The fraction of sp³-hybridized carbons (Fsp3) is 0.311. The number of benzene rings is 5. The molecule has 0 radical (unpaired) electrons. The number of halogens is 5. The molecule has 1 fully saturated rings. The molecule has 2 aliphatic heterocycles. The molecule has 10 rings (SSSR count). The van der Waals surface area contributed by atoms with Crippen molar-refractivity contribution in [3.63, 3.8) is 0 Å². The van der Waals surface area contributed by atoms with E-state index in [0.29, 0.717) is 50.2 Å². The molecule has 0 amide bonds. The minimum Gasteiger partial charge on any atom is -0.497 e. The molecule has 81 heavy (non-hydrogen) atoms. The average Bonchev–Trinajstić information content (AvgIpc) is 3.51. The summed E-state index contributed by atoms with van der Waals surface area (Å²) in [6.45, 7) is 6.16. The van der Waals surface area contributed by atoms with E-state index in [1.54, 1.807) is 58.9 Å². The topological polar surface area (TPSA) is 138 Å². The van der Waals surface area contributed by atoms with Gasteiger partial charge in [-0.15, -0.1) is 0 Å². The second-order valence-corrected chi connectivity index (χ2v) is 20.1. The summed E-state index contributed by atoms with van der Waals surface area (Å²) in [7, 11) is 6.36. The van der Waals surface area contributed by atoms with Gasteiger partial charge in [0.15, 0.2) is 11.6 Å². The molecule has 0 bridgehead atoms. The van der Waals surface area contributed by atoms with E-state index >= 15 is 17.6 Å². The van der Waals surface area contributed by atoms with Crippen molar-refractivity contribution >= 4 is 40.0 Å². The maximum atomic E-state index is 18.4. The summed E-state index contributed by atoms with van der Waals surface area (Å²) in [4.78, 5) is 25.3. The number of aryl methyl sites for hydroxylation is 1. The first-order valence-corrected chi connectivity index (χ1v) is 26.7. The largest absolute Gasteiger partial charge is 0.497 e. The number of ether oxygens (including phenoxy) is 7. The van der Waals surface area contributed by atoms with Gasteiger partial charge in [-0.1, -0.05) is 66.2 Å². The minimum atomic E-state index is -5.02. The Kier molecular flexibility index (Phi) is 17.1. The van der Waals surface area contributed by atoms with Crippen LogP contribution in [0.3, 0.4) is 0 Å². The molecule has 5 aromatic carbocycles. The van der Waals surface area contributed by atoms with Crippen LogP contribution >= 0.6 is 11.6 Å². The van der Waals surface area contributed by atoms with Crippen LogP contribution in [0, 0.1) is 12.7 Å². The molecule has 8 aromatic rings. The number of alkyl halides is 3. The molecular weight excluding hydrogens is 1070 g/mol. The zero-order valence-electron chi connectivity index (χ0n) is 45.7. The maximum Gasteiger partial charge on any atom is 0.418 e. The average molecular weight is 1130 g/mol. The summed E-state index contributed by atoms with van der Waals surface area (Å²) in [5.41, 5.74) is 1.22. The fourth-order valence-electron chi connectivity index (χ4n) is 10.2. The van der Waals surface area contributed by atoms with E-state index in [9.17, 15) is 0 Å². The zero-order chi connectivity index (χ0) is 56.8. The lowest BCUT2D eigenvalue weighted by atomic mass is 9.98. The van der Waals surface area contributed by atoms with E-state index in [2.05, 4.69) is 15.2 Å². The summed E-state index contributed by atoms with van der Waals surface area (Å²) in [5.74, 6) is 2.36. The highest BCUT2D eigenvalue weighted by atomic mass is 35.5. The van der Waals surface area contributed by atoms with Gasteiger partial charge in [-0.3, -0.25) is 0 Å². The lowest BCUT2D eigenvalue weighted by molar-refractivity contribution is -0.137. The van der Waals surface area contributed by atoms with Crippen molar-refractivity contribution in [1.29, 1.82) is 0 Å². The van der Waals surface area contributed by atoms with Crippen molar-refractivity contribution < 1.29 is 50.7 Å². The first-order valence-electron chi connectivity index (χ1n) is 26.3. The number of methoxy groups -OCH3 is 4. The Hall–Kier alpha value is -8.13. The Morgan fingerprint density at radius 1 is 0.741 bits per heavy atom. The van der Waals surface area contributed by atoms with Gasteiger partial charge in [0.25, 0.3) is 0 Å². The van der Waals surface area contributed by atoms with Crippen molar-refractivity contribution in [2.24, 2.45) is 0 Å². The van der Waals surface area contributed by atoms with Gasteiger partial charge in [-0.05, 0) is 102 Å². The molecule has 1 N–H and O–H groups in total. The van der Waals surface area contributed by atoms with Gasteiger partial charge in [-0.25, -0.2) is 14.4 Å². The van der Waals surface area contributed by atoms with Crippen LogP contribution in [0.4, 0.5) is 35.0 Å². The van der Waals surface area contributed by atoms with Crippen LogP contribution in [0.2, 0.25) is 5.02 Å². The van der Waals surface area contributed by atoms with Gasteiger partial charge in [0.2, 0.25) is 0 Å². The summed E-state index contributed by atoms with van der Waals surface area (Å²) in [6.07, 6.45) is -3.29.